The minimum atomic E-state index is -1.09. The molecule has 1 aromatic rings. The number of aromatic nitrogens is 1. The van der Waals surface area contributed by atoms with Gasteiger partial charge in [-0.1, -0.05) is 0 Å². The molecule has 0 saturated carbocycles. The van der Waals surface area contributed by atoms with Crippen molar-refractivity contribution in [3.05, 3.63) is 23.5 Å². The maximum atomic E-state index is 10.8. The van der Waals surface area contributed by atoms with E-state index in [1.165, 1.54) is 6.20 Å². The predicted molar refractivity (Wildman–Crippen MR) is 48.3 cm³/mol. The largest absolute Gasteiger partial charge is 0.535 e. The molecule has 0 aliphatic carbocycles. The molecule has 1 aliphatic heterocycles. The molecule has 0 aromatic carbocycles. The van der Waals surface area contributed by atoms with Crippen molar-refractivity contribution in [2.45, 2.75) is 12.7 Å². The zero-order chi connectivity index (χ0) is 10.1. The van der Waals surface area contributed by atoms with Gasteiger partial charge in [0.1, 0.15) is 11.3 Å². The highest BCUT2D eigenvalue weighted by Gasteiger charge is 2.27. The number of carboxylic acids is 1. The molecule has 0 saturated heterocycles. The molecule has 5 nitrogen and oxygen atoms in total. The van der Waals surface area contributed by atoms with Crippen LogP contribution in [0.1, 0.15) is 15.9 Å². The summed E-state index contributed by atoms with van der Waals surface area (Å²) >= 11 is 0. The van der Waals surface area contributed by atoms with E-state index in [4.69, 9.17) is 9.76 Å². The molecule has 1 aromatic heterocycles. The molecule has 0 atom stereocenters. The summed E-state index contributed by atoms with van der Waals surface area (Å²) in [5, 5.41) is 18.1. The van der Waals surface area contributed by atoms with E-state index in [0.717, 1.165) is 5.56 Å². The minimum Gasteiger partial charge on any atom is -0.535 e. The molecular weight excluding hydrogens is 185 g/mol. The van der Waals surface area contributed by atoms with Crippen LogP contribution in [0.4, 0.5) is 0 Å². The molecule has 1 aliphatic rings. The third-order valence-electron chi connectivity index (χ3n) is 2.12. The van der Waals surface area contributed by atoms with Crippen LogP contribution in [0.25, 0.3) is 0 Å². The Balaban J connectivity index is 2.48. The normalized spacial score (nSPS) is 14.5. The van der Waals surface area contributed by atoms with Crippen LogP contribution in [0.2, 0.25) is 6.32 Å². The number of aryl methyl sites for hydroxylation is 1. The van der Waals surface area contributed by atoms with Crippen molar-refractivity contribution >= 4 is 13.1 Å². The molecule has 2 rings (SSSR count). The number of rotatable bonds is 1. The first kappa shape index (κ1) is 9.02. The fourth-order valence-corrected chi connectivity index (χ4v) is 1.44. The number of hydrogen-bond donors (Lipinski definition) is 2. The Bertz CT molecular complexity index is 382. The second-order valence-electron chi connectivity index (χ2n) is 3.09. The van der Waals surface area contributed by atoms with Gasteiger partial charge in [0, 0.05) is 18.0 Å². The van der Waals surface area contributed by atoms with Gasteiger partial charge in [-0.15, -0.1) is 0 Å². The molecule has 0 fully saturated rings. The Kier molecular flexibility index (Phi) is 2.13. The Hall–Kier alpha value is -1.56. The third kappa shape index (κ3) is 1.44. The summed E-state index contributed by atoms with van der Waals surface area (Å²) < 4.78 is 5.06. The van der Waals surface area contributed by atoms with E-state index in [2.05, 4.69) is 4.98 Å². The van der Waals surface area contributed by atoms with E-state index in [-0.39, 0.29) is 11.3 Å². The van der Waals surface area contributed by atoms with Crippen LogP contribution in [0, 0.1) is 0 Å². The van der Waals surface area contributed by atoms with Gasteiger partial charge in [-0.2, -0.15) is 0 Å². The molecule has 0 spiro atoms. The van der Waals surface area contributed by atoms with E-state index >= 15 is 0 Å². The van der Waals surface area contributed by atoms with E-state index in [9.17, 15) is 9.82 Å². The standard InChI is InChI=1S/C8H8BNO4/c11-8(12)6-4-10-3-5-1-2-9(13)14-7(5)6/h3-4,13H,1-2H2,(H,11,12). The molecule has 2 N–H and O–H groups in total. The second-order valence-corrected chi connectivity index (χ2v) is 3.09. The van der Waals surface area contributed by atoms with Crippen LogP contribution in [-0.4, -0.2) is 28.2 Å². The quantitative estimate of drug-likeness (QED) is 0.622. The lowest BCUT2D eigenvalue weighted by atomic mass is 9.79. The van der Waals surface area contributed by atoms with Crippen molar-refractivity contribution in [1.82, 2.24) is 4.98 Å². The van der Waals surface area contributed by atoms with Crippen LogP contribution in [0.5, 0.6) is 5.75 Å². The van der Waals surface area contributed by atoms with Gasteiger partial charge in [0.2, 0.25) is 0 Å². The highest BCUT2D eigenvalue weighted by atomic mass is 16.5. The van der Waals surface area contributed by atoms with Crippen LogP contribution in [-0.2, 0) is 6.42 Å². The van der Waals surface area contributed by atoms with Gasteiger partial charge in [-0.3, -0.25) is 4.98 Å². The molecule has 0 amide bonds. The third-order valence-corrected chi connectivity index (χ3v) is 2.12. The molecule has 6 heteroatoms. The summed E-state index contributed by atoms with van der Waals surface area (Å²) in [5.74, 6) is -0.852. The summed E-state index contributed by atoms with van der Waals surface area (Å²) in [4.78, 5) is 14.6. The first-order valence-corrected chi connectivity index (χ1v) is 4.23. The van der Waals surface area contributed by atoms with Gasteiger partial charge < -0.3 is 14.8 Å². The van der Waals surface area contributed by atoms with Gasteiger partial charge in [-0.25, -0.2) is 4.79 Å². The van der Waals surface area contributed by atoms with Crippen molar-refractivity contribution in [2.75, 3.05) is 0 Å². The summed E-state index contributed by atoms with van der Waals surface area (Å²) in [7, 11) is -0.914. The number of fused-ring (bicyclic) bond motifs is 1. The molecule has 14 heavy (non-hydrogen) atoms. The van der Waals surface area contributed by atoms with Crippen molar-refractivity contribution in [3.8, 4) is 5.75 Å². The van der Waals surface area contributed by atoms with Crippen LogP contribution in [0.3, 0.4) is 0 Å². The maximum absolute atomic E-state index is 10.8. The van der Waals surface area contributed by atoms with E-state index < -0.39 is 13.1 Å². The molecule has 0 unspecified atom stereocenters. The summed E-state index contributed by atoms with van der Waals surface area (Å²) in [5.41, 5.74) is 0.733. The zero-order valence-electron chi connectivity index (χ0n) is 7.30. The Morgan fingerprint density at radius 3 is 3.07 bits per heavy atom. The lowest BCUT2D eigenvalue weighted by molar-refractivity contribution is 0.0694. The SMILES string of the molecule is O=C(O)c1cncc2c1OB(O)CC2. The highest BCUT2D eigenvalue weighted by molar-refractivity contribution is 6.44. The first-order chi connectivity index (χ1) is 6.68. The smallest absolute Gasteiger partial charge is 0.522 e. The molecular formula is C8H8BNO4. The first-order valence-electron chi connectivity index (χ1n) is 4.23. The highest BCUT2D eigenvalue weighted by Crippen LogP contribution is 2.28. The van der Waals surface area contributed by atoms with Crippen LogP contribution >= 0.6 is 0 Å². The lowest BCUT2D eigenvalue weighted by Crippen LogP contribution is -2.28. The number of aromatic carboxylic acids is 1. The number of pyridine rings is 1. The Morgan fingerprint density at radius 1 is 1.57 bits per heavy atom. The average molecular weight is 193 g/mol. The maximum Gasteiger partial charge on any atom is 0.522 e. The van der Waals surface area contributed by atoms with Crippen molar-refractivity contribution < 1.29 is 19.6 Å². The van der Waals surface area contributed by atoms with Crippen LogP contribution in [0.15, 0.2) is 12.4 Å². The van der Waals surface area contributed by atoms with E-state index in [0.29, 0.717) is 12.7 Å². The number of hydrogen-bond acceptors (Lipinski definition) is 4. The fraction of sp³-hybridized carbons (Fsp3) is 0.250. The molecule has 2 heterocycles. The zero-order valence-corrected chi connectivity index (χ0v) is 7.30. The van der Waals surface area contributed by atoms with Crippen molar-refractivity contribution in [1.29, 1.82) is 0 Å². The van der Waals surface area contributed by atoms with E-state index in [1.54, 1.807) is 6.20 Å². The topological polar surface area (TPSA) is 79.7 Å². The Labute approximate surface area is 80.5 Å². The van der Waals surface area contributed by atoms with Gasteiger partial charge in [0.05, 0.1) is 0 Å². The van der Waals surface area contributed by atoms with Gasteiger partial charge in [0.15, 0.2) is 0 Å². The van der Waals surface area contributed by atoms with Crippen LogP contribution < -0.4 is 4.65 Å². The van der Waals surface area contributed by atoms with Crippen molar-refractivity contribution in [2.24, 2.45) is 0 Å². The number of nitrogens with zero attached hydrogens (tertiary/aromatic N) is 1. The lowest BCUT2D eigenvalue weighted by Gasteiger charge is -2.20. The van der Waals surface area contributed by atoms with Gasteiger partial charge in [0.25, 0.3) is 0 Å². The molecule has 72 valence electrons. The minimum absolute atomic E-state index is 0.00116. The summed E-state index contributed by atoms with van der Waals surface area (Å²) in [6.07, 6.45) is 3.84. The monoisotopic (exact) mass is 193 g/mol. The second kappa shape index (κ2) is 3.30. The fourth-order valence-electron chi connectivity index (χ4n) is 1.44. The van der Waals surface area contributed by atoms with Crippen molar-refractivity contribution in [3.63, 3.8) is 0 Å². The predicted octanol–water partition coefficient (Wildman–Crippen LogP) is 0.195. The molecule has 0 bridgehead atoms. The Morgan fingerprint density at radius 2 is 2.36 bits per heavy atom. The average Bonchev–Trinajstić information content (AvgIpc) is 2.16. The number of carbonyl (C=O) groups is 1. The summed E-state index contributed by atoms with van der Waals surface area (Å²) in [6.45, 7) is 0. The van der Waals surface area contributed by atoms with Gasteiger partial charge in [-0.05, 0) is 12.7 Å². The van der Waals surface area contributed by atoms with Gasteiger partial charge >= 0.3 is 13.1 Å². The number of carboxylic acid groups (broad SMARTS) is 1. The molecule has 0 radical (unpaired) electrons. The summed E-state index contributed by atoms with van der Waals surface area (Å²) in [6, 6.07) is 0. The van der Waals surface area contributed by atoms with E-state index in [1.807, 2.05) is 0 Å².